The van der Waals surface area contributed by atoms with E-state index in [9.17, 15) is 8.42 Å². The number of aromatic nitrogens is 1. The molecule has 0 unspecified atom stereocenters. The van der Waals surface area contributed by atoms with Gasteiger partial charge < -0.3 is 15.6 Å². The fourth-order valence-electron chi connectivity index (χ4n) is 3.32. The third-order valence-electron chi connectivity index (χ3n) is 4.76. The number of H-pyrrole nitrogens is 1. The van der Waals surface area contributed by atoms with Crippen molar-refractivity contribution in [1.82, 2.24) is 19.9 Å². The lowest BCUT2D eigenvalue weighted by Gasteiger charge is -2.18. The predicted octanol–water partition coefficient (Wildman–Crippen LogP) is 2.86. The SMILES string of the molecule is CCNC(=NCCS(=O)(=O)N(CC)CC)NCCc1c(C)[nH]c2ccccc12.I. The van der Waals surface area contributed by atoms with Gasteiger partial charge in [0.2, 0.25) is 10.0 Å². The molecule has 0 atom stereocenters. The van der Waals surface area contributed by atoms with Crippen molar-refractivity contribution >= 4 is 50.9 Å². The summed E-state index contributed by atoms with van der Waals surface area (Å²) in [7, 11) is -3.25. The van der Waals surface area contributed by atoms with E-state index in [2.05, 4.69) is 39.7 Å². The second-order valence-electron chi connectivity index (χ2n) is 6.61. The minimum Gasteiger partial charge on any atom is -0.358 e. The summed E-state index contributed by atoms with van der Waals surface area (Å²) in [6.07, 6.45) is 0.859. The number of nitrogens with zero attached hydrogens (tertiary/aromatic N) is 2. The maximum atomic E-state index is 12.3. The van der Waals surface area contributed by atoms with Gasteiger partial charge in [-0.25, -0.2) is 12.7 Å². The van der Waals surface area contributed by atoms with Crippen molar-refractivity contribution in [2.75, 3.05) is 38.5 Å². The number of benzene rings is 1. The van der Waals surface area contributed by atoms with E-state index in [0.717, 1.165) is 25.0 Å². The van der Waals surface area contributed by atoms with Gasteiger partial charge in [0.25, 0.3) is 0 Å². The van der Waals surface area contributed by atoms with Gasteiger partial charge in [-0.05, 0) is 31.9 Å². The zero-order valence-corrected chi connectivity index (χ0v) is 20.9. The molecule has 0 saturated heterocycles. The van der Waals surface area contributed by atoms with Crippen molar-refractivity contribution < 1.29 is 8.42 Å². The molecule has 2 rings (SSSR count). The topological polar surface area (TPSA) is 89.6 Å². The Labute approximate surface area is 191 Å². The number of aliphatic imine (C=N–C) groups is 1. The number of sulfonamides is 1. The molecule has 1 heterocycles. The van der Waals surface area contributed by atoms with Crippen molar-refractivity contribution in [2.45, 2.75) is 34.1 Å². The molecule has 1 aromatic carbocycles. The molecule has 2 aromatic rings. The summed E-state index contributed by atoms with van der Waals surface area (Å²) in [5.41, 5.74) is 3.62. The maximum Gasteiger partial charge on any atom is 0.215 e. The van der Waals surface area contributed by atoms with Crippen molar-refractivity contribution in [1.29, 1.82) is 0 Å². The van der Waals surface area contributed by atoms with Crippen molar-refractivity contribution in [3.8, 4) is 0 Å². The molecule has 1 aromatic heterocycles. The van der Waals surface area contributed by atoms with Crippen LogP contribution in [0, 0.1) is 6.92 Å². The average molecular weight is 535 g/mol. The van der Waals surface area contributed by atoms with Crippen molar-refractivity contribution in [2.24, 2.45) is 4.99 Å². The highest BCUT2D eigenvalue weighted by molar-refractivity contribution is 14.0. The Balaban J connectivity index is 0.00000420. The number of hydrogen-bond donors (Lipinski definition) is 3. The first-order chi connectivity index (χ1) is 13.4. The Kier molecular flexibility index (Phi) is 11.0. The molecule has 0 aliphatic heterocycles. The maximum absolute atomic E-state index is 12.3. The van der Waals surface area contributed by atoms with E-state index in [4.69, 9.17) is 0 Å². The molecule has 164 valence electrons. The first-order valence-electron chi connectivity index (χ1n) is 9.99. The summed E-state index contributed by atoms with van der Waals surface area (Å²) in [6, 6.07) is 8.30. The highest BCUT2D eigenvalue weighted by atomic mass is 127. The summed E-state index contributed by atoms with van der Waals surface area (Å²) in [4.78, 5) is 7.85. The van der Waals surface area contributed by atoms with Crippen LogP contribution in [0.3, 0.4) is 0 Å². The average Bonchev–Trinajstić information content (AvgIpc) is 2.98. The molecular formula is C20H34IN5O2S. The van der Waals surface area contributed by atoms with Crippen LogP contribution in [-0.4, -0.2) is 62.1 Å². The number of hydrogen-bond acceptors (Lipinski definition) is 3. The number of rotatable bonds is 10. The molecule has 9 heteroatoms. The highest BCUT2D eigenvalue weighted by Gasteiger charge is 2.17. The zero-order valence-electron chi connectivity index (χ0n) is 17.8. The number of fused-ring (bicyclic) bond motifs is 1. The van der Waals surface area contributed by atoms with Crippen LogP contribution in [0.1, 0.15) is 32.0 Å². The van der Waals surface area contributed by atoms with Gasteiger partial charge in [0.15, 0.2) is 5.96 Å². The number of guanidine groups is 1. The molecule has 29 heavy (non-hydrogen) atoms. The van der Waals surface area contributed by atoms with Crippen LogP contribution in [0.25, 0.3) is 10.9 Å². The van der Waals surface area contributed by atoms with E-state index in [-0.39, 0.29) is 36.3 Å². The zero-order chi connectivity index (χ0) is 20.6. The monoisotopic (exact) mass is 535 g/mol. The molecule has 0 fully saturated rings. The smallest absolute Gasteiger partial charge is 0.215 e. The second kappa shape index (κ2) is 12.4. The van der Waals surface area contributed by atoms with E-state index in [1.54, 1.807) is 0 Å². The van der Waals surface area contributed by atoms with Crippen LogP contribution in [0.2, 0.25) is 0 Å². The largest absolute Gasteiger partial charge is 0.358 e. The highest BCUT2D eigenvalue weighted by Crippen LogP contribution is 2.21. The van der Waals surface area contributed by atoms with E-state index in [0.29, 0.717) is 19.0 Å². The molecule has 7 nitrogen and oxygen atoms in total. The molecule has 0 saturated carbocycles. The third kappa shape index (κ3) is 7.14. The molecule has 0 radical (unpaired) electrons. The fourth-order valence-corrected chi connectivity index (χ4v) is 4.69. The van der Waals surface area contributed by atoms with Crippen LogP contribution < -0.4 is 10.6 Å². The van der Waals surface area contributed by atoms with E-state index >= 15 is 0 Å². The summed E-state index contributed by atoms with van der Waals surface area (Å²) in [6.45, 7) is 10.4. The van der Waals surface area contributed by atoms with Gasteiger partial charge in [-0.15, -0.1) is 24.0 Å². The number of aryl methyl sites for hydroxylation is 1. The van der Waals surface area contributed by atoms with Gasteiger partial charge >= 0.3 is 0 Å². The van der Waals surface area contributed by atoms with Gasteiger partial charge in [0.05, 0.1) is 12.3 Å². The van der Waals surface area contributed by atoms with E-state index in [1.165, 1.54) is 20.9 Å². The Bertz CT molecular complexity index is 891. The molecule has 0 aliphatic carbocycles. The lowest BCUT2D eigenvalue weighted by atomic mass is 10.1. The standard InChI is InChI=1S/C20H33N5O2S.HI/c1-5-21-20(23-14-15-28(26,27)25(6-2)7-3)22-13-12-17-16(4)24-19-11-9-8-10-18(17)19;/h8-11,24H,5-7,12-15H2,1-4H3,(H2,21,22,23);1H. The second-order valence-corrected chi connectivity index (χ2v) is 8.70. The van der Waals surface area contributed by atoms with E-state index < -0.39 is 10.0 Å². The summed E-state index contributed by atoms with van der Waals surface area (Å²) in [5, 5.41) is 7.74. The Morgan fingerprint density at radius 3 is 2.48 bits per heavy atom. The molecule has 3 N–H and O–H groups in total. The number of nitrogens with one attached hydrogen (secondary N) is 3. The van der Waals surface area contributed by atoms with Crippen molar-refractivity contribution in [3.63, 3.8) is 0 Å². The van der Waals surface area contributed by atoms with Crippen molar-refractivity contribution in [3.05, 3.63) is 35.5 Å². The van der Waals surface area contributed by atoms with Gasteiger partial charge in [-0.1, -0.05) is 32.0 Å². The molecule has 0 aliphatic rings. The molecule has 0 amide bonds. The first kappa shape index (κ1) is 25.7. The number of halogens is 1. The molecule has 0 bridgehead atoms. The summed E-state index contributed by atoms with van der Waals surface area (Å²) >= 11 is 0. The molecular weight excluding hydrogens is 501 g/mol. The van der Waals surface area contributed by atoms with Gasteiger partial charge in [0, 0.05) is 42.8 Å². The minimum atomic E-state index is -3.25. The number of aromatic amines is 1. The lowest BCUT2D eigenvalue weighted by Crippen LogP contribution is -2.39. The minimum absolute atomic E-state index is 0. The van der Waals surface area contributed by atoms with Crippen LogP contribution in [0.4, 0.5) is 0 Å². The van der Waals surface area contributed by atoms with E-state index in [1.807, 2.05) is 32.9 Å². The van der Waals surface area contributed by atoms with Gasteiger partial charge in [-0.3, -0.25) is 4.99 Å². The van der Waals surface area contributed by atoms with Crippen LogP contribution >= 0.6 is 24.0 Å². The summed E-state index contributed by atoms with van der Waals surface area (Å²) in [5.74, 6) is 0.669. The quantitative estimate of drug-likeness (QED) is 0.248. The fraction of sp³-hybridized carbons (Fsp3) is 0.550. The predicted molar refractivity (Wildman–Crippen MR) is 133 cm³/mol. The third-order valence-corrected chi connectivity index (χ3v) is 6.76. The summed E-state index contributed by atoms with van der Waals surface area (Å²) < 4.78 is 26.0. The number of para-hydroxylation sites is 1. The first-order valence-corrected chi connectivity index (χ1v) is 11.6. The Hall–Kier alpha value is -1.33. The van der Waals surface area contributed by atoms with Crippen LogP contribution in [-0.2, 0) is 16.4 Å². The molecule has 0 spiro atoms. The van der Waals surface area contributed by atoms with Gasteiger partial charge in [-0.2, -0.15) is 0 Å². The lowest BCUT2D eigenvalue weighted by molar-refractivity contribution is 0.445. The Morgan fingerprint density at radius 2 is 1.83 bits per heavy atom. The Morgan fingerprint density at radius 1 is 1.14 bits per heavy atom. The van der Waals surface area contributed by atoms with Crippen LogP contribution in [0.15, 0.2) is 29.3 Å². The van der Waals surface area contributed by atoms with Gasteiger partial charge in [0.1, 0.15) is 0 Å². The van der Waals surface area contributed by atoms with Crippen LogP contribution in [0.5, 0.6) is 0 Å². The normalized spacial score (nSPS) is 12.2.